The second-order valence-electron chi connectivity index (χ2n) is 8.06. The van der Waals surface area contributed by atoms with Crippen LogP contribution in [0.1, 0.15) is 38.2 Å². The quantitative estimate of drug-likeness (QED) is 0.665. The van der Waals surface area contributed by atoms with Gasteiger partial charge in [-0.15, -0.1) is 0 Å². The van der Waals surface area contributed by atoms with Gasteiger partial charge in [0.25, 0.3) is 5.91 Å². The average Bonchev–Trinajstić information content (AvgIpc) is 3.28. The van der Waals surface area contributed by atoms with Crippen molar-refractivity contribution in [1.82, 2.24) is 4.72 Å². The van der Waals surface area contributed by atoms with Crippen molar-refractivity contribution in [3.05, 3.63) is 48.0 Å². The Morgan fingerprint density at radius 2 is 1.91 bits per heavy atom. The predicted octanol–water partition coefficient (Wildman–Crippen LogP) is 2.83. The van der Waals surface area contributed by atoms with Crippen LogP contribution in [0.15, 0.2) is 47.4 Å². The lowest BCUT2D eigenvalue weighted by Gasteiger charge is -2.29. The molecule has 1 aliphatic carbocycles. The summed E-state index contributed by atoms with van der Waals surface area (Å²) in [6.07, 6.45) is 4.40. The molecule has 1 saturated carbocycles. The summed E-state index contributed by atoms with van der Waals surface area (Å²) in [5, 5.41) is 2.85. The van der Waals surface area contributed by atoms with Crippen molar-refractivity contribution >= 4 is 33.2 Å². The van der Waals surface area contributed by atoms with Crippen molar-refractivity contribution in [3.63, 3.8) is 0 Å². The second-order valence-corrected chi connectivity index (χ2v) is 9.77. The molecule has 1 aliphatic heterocycles. The fraction of sp³-hybridized carbons (Fsp3) is 0.391. The van der Waals surface area contributed by atoms with Gasteiger partial charge in [0.05, 0.1) is 10.6 Å². The molecular formula is C23H27N3O5S. The van der Waals surface area contributed by atoms with Crippen LogP contribution in [0.4, 0.5) is 11.4 Å². The molecule has 0 bridgehead atoms. The molecule has 8 nitrogen and oxygen atoms in total. The molecule has 0 radical (unpaired) electrons. The van der Waals surface area contributed by atoms with E-state index >= 15 is 0 Å². The molecule has 32 heavy (non-hydrogen) atoms. The Hall–Kier alpha value is -2.91. The van der Waals surface area contributed by atoms with Crippen LogP contribution in [0, 0.1) is 0 Å². The molecule has 0 atom stereocenters. The summed E-state index contributed by atoms with van der Waals surface area (Å²) in [5.41, 5.74) is 1.95. The molecule has 0 aromatic heterocycles. The molecule has 4 rings (SSSR count). The lowest BCUT2D eigenvalue weighted by Crippen LogP contribution is -2.43. The molecule has 9 heteroatoms. The topological polar surface area (TPSA) is 105 Å². The minimum atomic E-state index is -3.75. The van der Waals surface area contributed by atoms with Crippen LogP contribution in [0.3, 0.4) is 0 Å². The molecular weight excluding hydrogens is 430 g/mol. The molecule has 0 saturated heterocycles. The van der Waals surface area contributed by atoms with E-state index in [9.17, 15) is 18.0 Å². The maximum absolute atomic E-state index is 12.9. The van der Waals surface area contributed by atoms with Crippen molar-refractivity contribution in [3.8, 4) is 5.75 Å². The fourth-order valence-electron chi connectivity index (χ4n) is 4.14. The van der Waals surface area contributed by atoms with Gasteiger partial charge in [0.1, 0.15) is 12.3 Å². The molecule has 1 heterocycles. The van der Waals surface area contributed by atoms with Crippen LogP contribution < -0.4 is 19.7 Å². The number of nitrogens with one attached hydrogen (secondary N) is 2. The molecule has 2 aromatic rings. The average molecular weight is 458 g/mol. The van der Waals surface area contributed by atoms with Gasteiger partial charge in [-0.2, -0.15) is 0 Å². The Balaban J connectivity index is 1.56. The van der Waals surface area contributed by atoms with Gasteiger partial charge in [-0.25, -0.2) is 13.1 Å². The molecule has 0 unspecified atom stereocenters. The number of hydrogen-bond donors (Lipinski definition) is 2. The van der Waals surface area contributed by atoms with Crippen LogP contribution in [0.2, 0.25) is 0 Å². The first-order valence-electron chi connectivity index (χ1n) is 10.8. The van der Waals surface area contributed by atoms with Crippen molar-refractivity contribution < 1.29 is 22.7 Å². The zero-order chi connectivity index (χ0) is 22.7. The van der Waals surface area contributed by atoms with E-state index in [4.69, 9.17) is 4.74 Å². The number of fused-ring (bicyclic) bond motifs is 1. The number of rotatable bonds is 7. The Bertz CT molecular complexity index is 1130. The zero-order valence-corrected chi connectivity index (χ0v) is 18.8. The number of nitrogens with zero attached hydrogens (tertiary/aromatic N) is 1. The molecule has 1 fully saturated rings. The predicted molar refractivity (Wildman–Crippen MR) is 121 cm³/mol. The summed E-state index contributed by atoms with van der Waals surface area (Å²) >= 11 is 0. The van der Waals surface area contributed by atoms with Crippen LogP contribution in [0.5, 0.6) is 5.75 Å². The van der Waals surface area contributed by atoms with E-state index in [1.165, 1.54) is 23.1 Å². The van der Waals surface area contributed by atoms with Gasteiger partial charge in [-0.3, -0.25) is 14.5 Å². The summed E-state index contributed by atoms with van der Waals surface area (Å²) in [5.74, 6) is -0.412. The van der Waals surface area contributed by atoms with Gasteiger partial charge < -0.3 is 10.1 Å². The first-order chi connectivity index (χ1) is 15.4. The van der Waals surface area contributed by atoms with E-state index in [-0.39, 0.29) is 35.7 Å². The van der Waals surface area contributed by atoms with E-state index in [1.807, 2.05) is 31.2 Å². The van der Waals surface area contributed by atoms with Crippen molar-refractivity contribution in [1.29, 1.82) is 0 Å². The van der Waals surface area contributed by atoms with Crippen molar-refractivity contribution in [2.24, 2.45) is 0 Å². The van der Waals surface area contributed by atoms with E-state index in [0.717, 1.165) is 37.7 Å². The summed E-state index contributed by atoms with van der Waals surface area (Å²) in [6, 6.07) is 11.8. The zero-order valence-electron chi connectivity index (χ0n) is 18.0. The lowest BCUT2D eigenvalue weighted by atomic mass is 10.1. The highest BCUT2D eigenvalue weighted by molar-refractivity contribution is 7.89. The highest BCUT2D eigenvalue weighted by Gasteiger charge is 2.30. The number of ether oxygens (including phenoxy) is 1. The Kier molecular flexibility index (Phi) is 6.48. The third-order valence-corrected chi connectivity index (χ3v) is 7.35. The smallest absolute Gasteiger partial charge is 0.265 e. The fourth-order valence-corrected chi connectivity index (χ4v) is 5.46. The normalized spacial score (nSPS) is 16.5. The number of sulfonamides is 1. The third kappa shape index (κ3) is 4.78. The first kappa shape index (κ1) is 22.3. The summed E-state index contributed by atoms with van der Waals surface area (Å²) < 4.78 is 33.9. The van der Waals surface area contributed by atoms with E-state index in [0.29, 0.717) is 11.4 Å². The minimum Gasteiger partial charge on any atom is -0.482 e. The van der Waals surface area contributed by atoms with Crippen LogP contribution in [-0.4, -0.2) is 39.4 Å². The Morgan fingerprint density at radius 1 is 1.16 bits per heavy atom. The second kappa shape index (κ2) is 9.30. The van der Waals surface area contributed by atoms with Crippen LogP contribution >= 0.6 is 0 Å². The monoisotopic (exact) mass is 457 g/mol. The highest BCUT2D eigenvalue weighted by atomic mass is 32.2. The summed E-state index contributed by atoms with van der Waals surface area (Å²) in [4.78, 5) is 26.6. The van der Waals surface area contributed by atoms with Crippen LogP contribution in [-0.2, 0) is 26.0 Å². The Morgan fingerprint density at radius 3 is 2.66 bits per heavy atom. The van der Waals surface area contributed by atoms with Gasteiger partial charge in [0, 0.05) is 11.7 Å². The lowest BCUT2D eigenvalue weighted by molar-refractivity contribution is -0.123. The molecule has 2 amide bonds. The largest absolute Gasteiger partial charge is 0.482 e. The summed E-state index contributed by atoms with van der Waals surface area (Å²) in [6.45, 7) is 1.54. The number of benzene rings is 2. The first-order valence-corrected chi connectivity index (χ1v) is 12.3. The van der Waals surface area contributed by atoms with E-state index in [1.54, 1.807) is 0 Å². The summed E-state index contributed by atoms with van der Waals surface area (Å²) in [7, 11) is -3.75. The molecule has 2 N–H and O–H groups in total. The number of aryl methyl sites for hydroxylation is 1. The SMILES string of the molecule is CCc1ccccc1NC(=O)CN1C(=O)COc2ccc(S(=O)(=O)NC3CCCC3)cc21. The number of carbonyl (C=O) groups excluding carboxylic acids is 2. The van der Waals surface area contributed by atoms with E-state index in [2.05, 4.69) is 10.0 Å². The highest BCUT2D eigenvalue weighted by Crippen LogP contribution is 2.34. The number of amides is 2. The van der Waals surface area contributed by atoms with Crippen molar-refractivity contribution in [2.45, 2.75) is 50.0 Å². The molecule has 0 spiro atoms. The van der Waals surface area contributed by atoms with Gasteiger partial charge in [0.2, 0.25) is 15.9 Å². The standard InChI is InChI=1S/C23H27N3O5S/c1-2-16-7-3-6-10-19(16)24-22(27)14-26-20-13-18(11-12-21(20)31-15-23(26)28)32(29,30)25-17-8-4-5-9-17/h3,6-7,10-13,17,25H,2,4-5,8-9,14-15H2,1H3,(H,24,27). The number of carbonyl (C=O) groups is 2. The van der Waals surface area contributed by atoms with Gasteiger partial charge in [0.15, 0.2) is 6.61 Å². The van der Waals surface area contributed by atoms with Gasteiger partial charge in [-0.05, 0) is 49.1 Å². The molecule has 170 valence electrons. The van der Waals surface area contributed by atoms with Gasteiger partial charge >= 0.3 is 0 Å². The van der Waals surface area contributed by atoms with Crippen LogP contribution in [0.25, 0.3) is 0 Å². The number of para-hydroxylation sites is 1. The van der Waals surface area contributed by atoms with Crippen molar-refractivity contribution in [2.75, 3.05) is 23.4 Å². The number of anilines is 2. The van der Waals surface area contributed by atoms with Gasteiger partial charge in [-0.1, -0.05) is 38.0 Å². The van der Waals surface area contributed by atoms with E-state index < -0.39 is 15.9 Å². The minimum absolute atomic E-state index is 0.0446. The Labute approximate surface area is 188 Å². The number of hydrogen-bond acceptors (Lipinski definition) is 5. The molecule has 2 aliphatic rings. The third-order valence-electron chi connectivity index (χ3n) is 5.83. The maximum Gasteiger partial charge on any atom is 0.265 e. The maximum atomic E-state index is 12.9. The molecule has 2 aromatic carbocycles.